The average molecular weight is 412 g/mol. The number of rotatable bonds is 19. The van der Waals surface area contributed by atoms with Gasteiger partial charge in [-0.3, -0.25) is 4.90 Å². The third kappa shape index (κ3) is 15.7. The number of likely N-dealkylation sites (tertiary alicyclic amines) is 1. The Labute approximate surface area is 181 Å². The smallest absolute Gasteiger partial charge is 0.434 e. The van der Waals surface area contributed by atoms with Gasteiger partial charge in [0.15, 0.2) is 0 Å². The Morgan fingerprint density at radius 1 is 0.759 bits per heavy atom. The minimum atomic E-state index is -0.478. The van der Waals surface area contributed by atoms with E-state index in [-0.39, 0.29) is 6.10 Å². The molecular weight excluding hydrogens is 362 g/mol. The van der Waals surface area contributed by atoms with Crippen molar-refractivity contribution in [1.29, 1.82) is 0 Å². The summed E-state index contributed by atoms with van der Waals surface area (Å²) in [5.41, 5.74) is 0. The molecule has 1 heterocycles. The standard InChI is InChI=1S/C25H49NO3/c1-3-5-6-7-8-9-10-11-12-13-14-15-16-17-18-19-22-28-25(27)29-24-20-21-26(4-2)23-24/h24H,3-23H2,1-2H3. The molecule has 1 rings (SSSR count). The van der Waals surface area contributed by atoms with Crippen molar-refractivity contribution in [3.05, 3.63) is 0 Å². The Bertz CT molecular complexity index is 375. The number of nitrogens with zero attached hydrogens (tertiary/aromatic N) is 1. The van der Waals surface area contributed by atoms with Crippen LogP contribution in [0.2, 0.25) is 0 Å². The van der Waals surface area contributed by atoms with E-state index < -0.39 is 6.16 Å². The van der Waals surface area contributed by atoms with E-state index in [4.69, 9.17) is 9.47 Å². The van der Waals surface area contributed by atoms with E-state index in [0.717, 1.165) is 38.9 Å². The number of hydrogen-bond acceptors (Lipinski definition) is 4. The monoisotopic (exact) mass is 411 g/mol. The molecule has 0 bridgehead atoms. The zero-order valence-electron chi connectivity index (χ0n) is 19.6. The van der Waals surface area contributed by atoms with E-state index in [1.807, 2.05) is 0 Å². The minimum Gasteiger partial charge on any atom is -0.434 e. The zero-order chi connectivity index (χ0) is 21.0. The molecule has 0 aliphatic carbocycles. The Morgan fingerprint density at radius 2 is 1.24 bits per heavy atom. The van der Waals surface area contributed by atoms with Crippen LogP contribution >= 0.6 is 0 Å². The van der Waals surface area contributed by atoms with E-state index in [9.17, 15) is 4.79 Å². The van der Waals surface area contributed by atoms with Gasteiger partial charge in [0, 0.05) is 13.1 Å². The van der Waals surface area contributed by atoms with Crippen molar-refractivity contribution in [3.8, 4) is 0 Å². The molecule has 1 saturated heterocycles. The number of carbonyl (C=O) groups excluding carboxylic acids is 1. The molecule has 1 aliphatic rings. The molecule has 1 unspecified atom stereocenters. The Balaban J connectivity index is 1.73. The highest BCUT2D eigenvalue weighted by Crippen LogP contribution is 2.15. The van der Waals surface area contributed by atoms with Crippen LogP contribution in [0.5, 0.6) is 0 Å². The molecule has 4 heteroatoms. The van der Waals surface area contributed by atoms with Gasteiger partial charge in [-0.05, 0) is 19.4 Å². The van der Waals surface area contributed by atoms with Crippen LogP contribution in [-0.2, 0) is 9.47 Å². The van der Waals surface area contributed by atoms with Crippen LogP contribution in [0.25, 0.3) is 0 Å². The Kier molecular flexibility index (Phi) is 17.4. The van der Waals surface area contributed by atoms with Gasteiger partial charge < -0.3 is 9.47 Å². The second-order valence-electron chi connectivity index (χ2n) is 8.82. The van der Waals surface area contributed by atoms with Crippen LogP contribution in [0.1, 0.15) is 123 Å². The maximum absolute atomic E-state index is 11.7. The molecule has 0 aromatic carbocycles. The van der Waals surface area contributed by atoms with Gasteiger partial charge in [-0.1, -0.05) is 110 Å². The van der Waals surface area contributed by atoms with Crippen LogP contribution in [0.4, 0.5) is 4.79 Å². The zero-order valence-corrected chi connectivity index (χ0v) is 19.6. The third-order valence-electron chi connectivity index (χ3n) is 6.16. The molecule has 1 fully saturated rings. The lowest BCUT2D eigenvalue weighted by Crippen LogP contribution is -2.25. The molecule has 1 aliphatic heterocycles. The van der Waals surface area contributed by atoms with Gasteiger partial charge in [0.25, 0.3) is 0 Å². The van der Waals surface area contributed by atoms with Gasteiger partial charge in [-0.25, -0.2) is 4.79 Å². The summed E-state index contributed by atoms with van der Waals surface area (Å²) in [6, 6.07) is 0. The number of likely N-dealkylation sites (N-methyl/N-ethyl adjacent to an activating group) is 1. The molecule has 0 spiro atoms. The molecule has 0 amide bonds. The summed E-state index contributed by atoms with van der Waals surface area (Å²) in [5, 5.41) is 0. The average Bonchev–Trinajstić information content (AvgIpc) is 3.17. The van der Waals surface area contributed by atoms with Crippen LogP contribution in [-0.4, -0.2) is 43.4 Å². The molecule has 29 heavy (non-hydrogen) atoms. The van der Waals surface area contributed by atoms with Crippen molar-refractivity contribution in [2.24, 2.45) is 0 Å². The number of carbonyl (C=O) groups is 1. The summed E-state index contributed by atoms with van der Waals surface area (Å²) in [6.45, 7) is 7.82. The van der Waals surface area contributed by atoms with Crippen molar-refractivity contribution in [2.45, 2.75) is 129 Å². The summed E-state index contributed by atoms with van der Waals surface area (Å²) in [5.74, 6) is 0. The first-order valence-electron chi connectivity index (χ1n) is 12.8. The van der Waals surface area contributed by atoms with Gasteiger partial charge in [0.1, 0.15) is 6.10 Å². The van der Waals surface area contributed by atoms with Crippen molar-refractivity contribution in [2.75, 3.05) is 26.2 Å². The van der Waals surface area contributed by atoms with Gasteiger partial charge >= 0.3 is 6.16 Å². The maximum Gasteiger partial charge on any atom is 0.508 e. The lowest BCUT2D eigenvalue weighted by atomic mass is 10.0. The largest absolute Gasteiger partial charge is 0.508 e. The predicted octanol–water partition coefficient (Wildman–Crippen LogP) is 7.50. The molecule has 4 nitrogen and oxygen atoms in total. The van der Waals surface area contributed by atoms with E-state index in [1.54, 1.807) is 0 Å². The van der Waals surface area contributed by atoms with Gasteiger partial charge in [-0.2, -0.15) is 0 Å². The molecule has 172 valence electrons. The Hall–Kier alpha value is -0.770. The third-order valence-corrected chi connectivity index (χ3v) is 6.16. The number of ether oxygens (including phenoxy) is 2. The van der Waals surface area contributed by atoms with Crippen LogP contribution < -0.4 is 0 Å². The molecule has 0 aromatic rings. The van der Waals surface area contributed by atoms with Gasteiger partial charge in [0.2, 0.25) is 0 Å². The fraction of sp³-hybridized carbons (Fsp3) is 0.960. The molecular formula is C25H49NO3. The van der Waals surface area contributed by atoms with Crippen molar-refractivity contribution >= 4 is 6.16 Å². The van der Waals surface area contributed by atoms with Crippen LogP contribution in [0.3, 0.4) is 0 Å². The van der Waals surface area contributed by atoms with E-state index in [2.05, 4.69) is 18.7 Å². The highest BCUT2D eigenvalue weighted by molar-refractivity contribution is 5.60. The second kappa shape index (κ2) is 19.2. The van der Waals surface area contributed by atoms with Crippen molar-refractivity contribution in [3.63, 3.8) is 0 Å². The van der Waals surface area contributed by atoms with Gasteiger partial charge in [0.05, 0.1) is 6.61 Å². The lowest BCUT2D eigenvalue weighted by Gasteiger charge is -2.13. The van der Waals surface area contributed by atoms with E-state index >= 15 is 0 Å². The topological polar surface area (TPSA) is 38.8 Å². The van der Waals surface area contributed by atoms with Gasteiger partial charge in [-0.15, -0.1) is 0 Å². The normalized spacial score (nSPS) is 17.0. The number of hydrogen-bond donors (Lipinski definition) is 0. The predicted molar refractivity (Wildman–Crippen MR) is 122 cm³/mol. The fourth-order valence-corrected chi connectivity index (χ4v) is 4.16. The molecule has 0 N–H and O–H groups in total. The highest BCUT2D eigenvalue weighted by Gasteiger charge is 2.24. The summed E-state index contributed by atoms with van der Waals surface area (Å²) in [6.07, 6.45) is 22.1. The summed E-state index contributed by atoms with van der Waals surface area (Å²) in [7, 11) is 0. The van der Waals surface area contributed by atoms with E-state index in [1.165, 1.54) is 89.9 Å². The first kappa shape index (κ1) is 26.3. The lowest BCUT2D eigenvalue weighted by molar-refractivity contribution is 0.0257. The SMILES string of the molecule is CCCCCCCCCCCCCCCCCCOC(=O)OC1CCN(CC)C1. The molecule has 0 aromatic heterocycles. The highest BCUT2D eigenvalue weighted by atomic mass is 16.7. The Morgan fingerprint density at radius 3 is 1.69 bits per heavy atom. The maximum atomic E-state index is 11.7. The van der Waals surface area contributed by atoms with E-state index in [0.29, 0.717) is 6.61 Å². The van der Waals surface area contributed by atoms with Crippen molar-refractivity contribution < 1.29 is 14.3 Å². The first-order valence-corrected chi connectivity index (χ1v) is 12.8. The quantitative estimate of drug-likeness (QED) is 0.163. The summed E-state index contributed by atoms with van der Waals surface area (Å²) < 4.78 is 10.6. The summed E-state index contributed by atoms with van der Waals surface area (Å²) >= 11 is 0. The minimum absolute atomic E-state index is 0.0215. The molecule has 1 atom stereocenters. The van der Waals surface area contributed by atoms with Crippen molar-refractivity contribution in [1.82, 2.24) is 4.90 Å². The van der Waals surface area contributed by atoms with Crippen LogP contribution in [0, 0.1) is 0 Å². The first-order chi connectivity index (χ1) is 14.3. The number of unbranched alkanes of at least 4 members (excludes halogenated alkanes) is 15. The molecule has 0 saturated carbocycles. The fourth-order valence-electron chi connectivity index (χ4n) is 4.16. The summed E-state index contributed by atoms with van der Waals surface area (Å²) in [4.78, 5) is 14.0. The molecule has 0 radical (unpaired) electrons. The second-order valence-corrected chi connectivity index (χ2v) is 8.82. The van der Waals surface area contributed by atoms with Crippen LogP contribution in [0.15, 0.2) is 0 Å².